The van der Waals surface area contributed by atoms with Crippen LogP contribution in [0, 0.1) is 5.92 Å². The number of piperidine rings is 1. The fourth-order valence-corrected chi connectivity index (χ4v) is 2.71. The summed E-state index contributed by atoms with van der Waals surface area (Å²) in [7, 11) is 0. The van der Waals surface area contributed by atoms with Crippen molar-refractivity contribution in [2.45, 2.75) is 39.2 Å². The average Bonchev–Trinajstić information content (AvgIpc) is 2.48. The summed E-state index contributed by atoms with van der Waals surface area (Å²) in [6, 6.07) is 5.25. The molecule has 1 N–H and O–H groups in total. The second kappa shape index (κ2) is 8.17. The molecule has 0 atom stereocenters. The highest BCUT2D eigenvalue weighted by molar-refractivity contribution is 5.43. The Morgan fingerprint density at radius 2 is 2.00 bits per heavy atom. The summed E-state index contributed by atoms with van der Waals surface area (Å²) in [6.07, 6.45) is 4.50. The number of nitrogens with one attached hydrogen (secondary N) is 1. The van der Waals surface area contributed by atoms with Gasteiger partial charge in [-0.1, -0.05) is 6.07 Å². The maximum absolute atomic E-state index is 12.3. The van der Waals surface area contributed by atoms with Crippen molar-refractivity contribution in [1.29, 1.82) is 0 Å². The Kier molecular flexibility index (Phi) is 6.23. The molecule has 1 heterocycles. The number of hydrogen-bond acceptors (Lipinski definition) is 3. The number of hydrogen-bond donors (Lipinski definition) is 1. The van der Waals surface area contributed by atoms with E-state index in [1.807, 2.05) is 19.1 Å². The molecule has 1 saturated heterocycles. The fraction of sp³-hybridized carbons (Fsp3) is 0.625. The first-order valence-electron chi connectivity index (χ1n) is 7.60. The van der Waals surface area contributed by atoms with Crippen LogP contribution in [-0.2, 0) is 6.42 Å². The normalized spacial score (nSPS) is 16.2. The number of benzene rings is 1. The SMILES string of the molecule is CCOc1cc(CCC2CCNCC2)ccc1OC(F)F. The Labute approximate surface area is 124 Å². The van der Waals surface area contributed by atoms with Gasteiger partial charge in [0.05, 0.1) is 6.61 Å². The molecule has 0 aromatic heterocycles. The zero-order valence-corrected chi connectivity index (χ0v) is 12.4. The first-order valence-corrected chi connectivity index (χ1v) is 7.60. The highest BCUT2D eigenvalue weighted by atomic mass is 19.3. The summed E-state index contributed by atoms with van der Waals surface area (Å²) in [5, 5.41) is 3.36. The van der Waals surface area contributed by atoms with E-state index < -0.39 is 6.61 Å². The summed E-state index contributed by atoms with van der Waals surface area (Å²) in [6.45, 7) is 1.61. The van der Waals surface area contributed by atoms with Crippen LogP contribution in [0.4, 0.5) is 8.78 Å². The Morgan fingerprint density at radius 1 is 1.24 bits per heavy atom. The molecule has 1 aliphatic heterocycles. The molecule has 0 bridgehead atoms. The van der Waals surface area contributed by atoms with E-state index in [0.29, 0.717) is 12.4 Å². The van der Waals surface area contributed by atoms with Gasteiger partial charge < -0.3 is 14.8 Å². The van der Waals surface area contributed by atoms with Gasteiger partial charge in [-0.2, -0.15) is 8.78 Å². The molecule has 0 spiro atoms. The van der Waals surface area contributed by atoms with E-state index >= 15 is 0 Å². The highest BCUT2D eigenvalue weighted by Crippen LogP contribution is 2.31. The topological polar surface area (TPSA) is 30.5 Å². The second-order valence-corrected chi connectivity index (χ2v) is 5.32. The van der Waals surface area contributed by atoms with Crippen LogP contribution in [0.15, 0.2) is 18.2 Å². The highest BCUT2D eigenvalue weighted by Gasteiger charge is 2.15. The van der Waals surface area contributed by atoms with Gasteiger partial charge in [-0.05, 0) is 69.3 Å². The lowest BCUT2D eigenvalue weighted by atomic mass is 9.91. The first-order chi connectivity index (χ1) is 10.2. The van der Waals surface area contributed by atoms with Gasteiger partial charge in [0.25, 0.3) is 0 Å². The first kappa shape index (κ1) is 16.0. The molecule has 1 aromatic carbocycles. The molecule has 0 unspecified atom stereocenters. The minimum absolute atomic E-state index is 0.109. The predicted octanol–water partition coefficient (Wildman–Crippen LogP) is 3.62. The summed E-state index contributed by atoms with van der Waals surface area (Å²) >= 11 is 0. The molecule has 5 heteroatoms. The van der Waals surface area contributed by atoms with Crippen LogP contribution in [0.2, 0.25) is 0 Å². The third kappa shape index (κ3) is 5.16. The average molecular weight is 299 g/mol. The van der Waals surface area contributed by atoms with E-state index in [1.165, 1.54) is 12.8 Å². The molecule has 0 saturated carbocycles. The minimum Gasteiger partial charge on any atom is -0.490 e. The van der Waals surface area contributed by atoms with Gasteiger partial charge in [-0.25, -0.2) is 0 Å². The van der Waals surface area contributed by atoms with Crippen molar-refractivity contribution in [3.05, 3.63) is 23.8 Å². The van der Waals surface area contributed by atoms with Gasteiger partial charge in [-0.3, -0.25) is 0 Å². The zero-order chi connectivity index (χ0) is 15.1. The monoisotopic (exact) mass is 299 g/mol. The van der Waals surface area contributed by atoms with E-state index in [2.05, 4.69) is 10.1 Å². The molecule has 118 valence electrons. The zero-order valence-electron chi connectivity index (χ0n) is 12.4. The van der Waals surface area contributed by atoms with Crippen molar-refractivity contribution in [2.75, 3.05) is 19.7 Å². The maximum Gasteiger partial charge on any atom is 0.387 e. The fourth-order valence-electron chi connectivity index (χ4n) is 2.71. The lowest BCUT2D eigenvalue weighted by molar-refractivity contribution is -0.0514. The van der Waals surface area contributed by atoms with Crippen LogP contribution >= 0.6 is 0 Å². The molecule has 2 rings (SSSR count). The van der Waals surface area contributed by atoms with Gasteiger partial charge in [-0.15, -0.1) is 0 Å². The van der Waals surface area contributed by atoms with E-state index in [1.54, 1.807) is 6.07 Å². The molecule has 1 aliphatic rings. The van der Waals surface area contributed by atoms with Crippen LogP contribution in [0.3, 0.4) is 0 Å². The van der Waals surface area contributed by atoms with Crippen molar-refractivity contribution in [1.82, 2.24) is 5.32 Å². The van der Waals surface area contributed by atoms with Crippen molar-refractivity contribution < 1.29 is 18.3 Å². The van der Waals surface area contributed by atoms with Crippen molar-refractivity contribution in [2.24, 2.45) is 5.92 Å². The van der Waals surface area contributed by atoms with E-state index in [4.69, 9.17) is 4.74 Å². The quantitative estimate of drug-likeness (QED) is 0.834. The Hall–Kier alpha value is -1.36. The molecule has 0 aliphatic carbocycles. The van der Waals surface area contributed by atoms with E-state index in [-0.39, 0.29) is 5.75 Å². The van der Waals surface area contributed by atoms with Crippen molar-refractivity contribution in [3.63, 3.8) is 0 Å². The van der Waals surface area contributed by atoms with Gasteiger partial charge >= 0.3 is 6.61 Å². The van der Waals surface area contributed by atoms with Gasteiger partial charge in [0.2, 0.25) is 0 Å². The number of ether oxygens (including phenoxy) is 2. The summed E-state index contributed by atoms with van der Waals surface area (Å²) in [5.41, 5.74) is 1.11. The summed E-state index contributed by atoms with van der Waals surface area (Å²) in [4.78, 5) is 0. The molecular formula is C16H23F2NO2. The van der Waals surface area contributed by atoms with Gasteiger partial charge in [0.15, 0.2) is 11.5 Å². The minimum atomic E-state index is -2.83. The van der Waals surface area contributed by atoms with Crippen LogP contribution in [0.1, 0.15) is 31.7 Å². The number of aryl methyl sites for hydroxylation is 1. The number of halogens is 2. The smallest absolute Gasteiger partial charge is 0.387 e. The second-order valence-electron chi connectivity index (χ2n) is 5.32. The molecular weight excluding hydrogens is 276 g/mol. The van der Waals surface area contributed by atoms with Gasteiger partial charge in [0, 0.05) is 0 Å². The molecule has 1 aromatic rings. The molecule has 21 heavy (non-hydrogen) atoms. The van der Waals surface area contributed by atoms with E-state index in [0.717, 1.165) is 37.4 Å². The summed E-state index contributed by atoms with van der Waals surface area (Å²) < 4.78 is 34.6. The maximum atomic E-state index is 12.3. The van der Waals surface area contributed by atoms with Crippen LogP contribution in [0.5, 0.6) is 11.5 Å². The Balaban J connectivity index is 1.97. The Bertz CT molecular complexity index is 434. The van der Waals surface area contributed by atoms with Crippen LogP contribution in [-0.4, -0.2) is 26.3 Å². The van der Waals surface area contributed by atoms with Gasteiger partial charge in [0.1, 0.15) is 0 Å². The Morgan fingerprint density at radius 3 is 2.67 bits per heavy atom. The predicted molar refractivity (Wildman–Crippen MR) is 78.2 cm³/mol. The largest absolute Gasteiger partial charge is 0.490 e. The summed E-state index contributed by atoms with van der Waals surface area (Å²) in [5.74, 6) is 1.26. The molecule has 0 radical (unpaired) electrons. The third-order valence-electron chi connectivity index (χ3n) is 3.82. The number of rotatable bonds is 7. The lowest BCUT2D eigenvalue weighted by Gasteiger charge is -2.22. The van der Waals surface area contributed by atoms with Crippen molar-refractivity contribution in [3.8, 4) is 11.5 Å². The molecule has 1 fully saturated rings. The van der Waals surface area contributed by atoms with Crippen LogP contribution in [0.25, 0.3) is 0 Å². The van der Waals surface area contributed by atoms with Crippen LogP contribution < -0.4 is 14.8 Å². The molecule has 0 amide bonds. The molecule has 3 nitrogen and oxygen atoms in total. The lowest BCUT2D eigenvalue weighted by Crippen LogP contribution is -2.27. The number of alkyl halides is 2. The van der Waals surface area contributed by atoms with Crippen molar-refractivity contribution >= 4 is 0 Å². The standard InChI is InChI=1S/C16H23F2NO2/c1-2-20-15-11-13(5-6-14(15)21-16(17)18)4-3-12-7-9-19-10-8-12/h5-6,11-12,16,19H,2-4,7-10H2,1H3. The van der Waals surface area contributed by atoms with E-state index in [9.17, 15) is 8.78 Å². The third-order valence-corrected chi connectivity index (χ3v) is 3.82.